The summed E-state index contributed by atoms with van der Waals surface area (Å²) in [5, 5.41) is 0. The van der Waals surface area contributed by atoms with Gasteiger partial charge in [-0.2, -0.15) is 0 Å². The Bertz CT molecular complexity index is 1100. The number of unbranched alkanes of at least 4 members (excludes halogenated alkanes) is 6. The molecule has 2 N–H and O–H groups in total. The predicted molar refractivity (Wildman–Crippen MR) is 175 cm³/mol. The normalized spacial score (nSPS) is 12.1. The number of hydrogen-bond acceptors (Lipinski definition) is 3. The Balaban J connectivity index is 1.87. The van der Waals surface area contributed by atoms with Gasteiger partial charge < -0.3 is 9.97 Å². The quantitative estimate of drug-likeness (QED) is 0.117. The minimum Gasteiger partial charge on any atom is -0.353 e. The van der Waals surface area contributed by atoms with Crippen molar-refractivity contribution in [3.8, 4) is 21.1 Å². The highest BCUT2D eigenvalue weighted by atomic mass is 32.1. The summed E-state index contributed by atoms with van der Waals surface area (Å²) >= 11 is 1.89. The van der Waals surface area contributed by atoms with Gasteiger partial charge in [0.15, 0.2) is 0 Å². The van der Waals surface area contributed by atoms with Crippen molar-refractivity contribution in [3.05, 3.63) is 45.8 Å². The standard InChI is InChI=1S/C34H52N4S/c1-7-13-15-17-21-35-23-29-25(9-3)27(11-5)33(37-29)31-19-20-32(39-31)34-28(12-6)26(10-4)30(38-34)24-36-22-18-16-14-8-2/h19-20,23-24,37-38H,7-18,21-22H2,1-6H3. The Morgan fingerprint density at radius 1 is 0.564 bits per heavy atom. The van der Waals surface area contributed by atoms with Crippen molar-refractivity contribution in [3.63, 3.8) is 0 Å². The van der Waals surface area contributed by atoms with Gasteiger partial charge in [-0.1, -0.05) is 80.1 Å². The molecular formula is C34H52N4S. The van der Waals surface area contributed by atoms with Gasteiger partial charge in [0.2, 0.25) is 0 Å². The van der Waals surface area contributed by atoms with E-state index in [1.807, 2.05) is 11.3 Å². The fourth-order valence-electron chi connectivity index (χ4n) is 5.61. The van der Waals surface area contributed by atoms with E-state index in [0.717, 1.165) is 38.8 Å². The Morgan fingerprint density at radius 3 is 1.33 bits per heavy atom. The van der Waals surface area contributed by atoms with E-state index in [4.69, 9.17) is 9.98 Å². The summed E-state index contributed by atoms with van der Waals surface area (Å²) in [4.78, 5) is 19.7. The molecule has 39 heavy (non-hydrogen) atoms. The molecular weight excluding hydrogens is 496 g/mol. The molecule has 0 fully saturated rings. The Labute approximate surface area is 241 Å². The Morgan fingerprint density at radius 2 is 0.974 bits per heavy atom. The third-order valence-corrected chi connectivity index (χ3v) is 8.86. The molecule has 5 heteroatoms. The molecule has 3 aromatic heterocycles. The largest absolute Gasteiger partial charge is 0.353 e. The van der Waals surface area contributed by atoms with Crippen LogP contribution in [-0.4, -0.2) is 35.5 Å². The molecule has 0 bridgehead atoms. The minimum absolute atomic E-state index is 0.916. The van der Waals surface area contributed by atoms with E-state index < -0.39 is 0 Å². The lowest BCUT2D eigenvalue weighted by atomic mass is 10.0. The third-order valence-electron chi connectivity index (χ3n) is 7.74. The fraction of sp³-hybridized carbons (Fsp3) is 0.588. The van der Waals surface area contributed by atoms with Crippen LogP contribution in [0.15, 0.2) is 22.1 Å². The smallest absolute Gasteiger partial charge is 0.0602 e. The highest BCUT2D eigenvalue weighted by Gasteiger charge is 2.20. The number of aromatic amines is 2. The molecule has 3 aromatic rings. The average molecular weight is 549 g/mol. The fourth-order valence-corrected chi connectivity index (χ4v) is 6.67. The molecule has 0 aliphatic rings. The highest BCUT2D eigenvalue weighted by molar-refractivity contribution is 7.18. The lowest BCUT2D eigenvalue weighted by molar-refractivity contribution is 0.676. The number of rotatable bonds is 18. The summed E-state index contributed by atoms with van der Waals surface area (Å²) < 4.78 is 0. The molecule has 0 spiro atoms. The second kappa shape index (κ2) is 16.6. The predicted octanol–water partition coefficient (Wildman–Crippen LogP) is 9.99. The van der Waals surface area contributed by atoms with Crippen LogP contribution in [0, 0.1) is 0 Å². The van der Waals surface area contributed by atoms with Gasteiger partial charge in [-0.15, -0.1) is 11.3 Å². The number of thiophene rings is 1. The summed E-state index contributed by atoms with van der Waals surface area (Å²) in [7, 11) is 0. The monoisotopic (exact) mass is 548 g/mol. The van der Waals surface area contributed by atoms with Crippen molar-refractivity contribution in [1.29, 1.82) is 0 Å². The number of aliphatic imine (C=N–C) groups is 2. The molecule has 0 aromatic carbocycles. The third kappa shape index (κ3) is 8.06. The van der Waals surface area contributed by atoms with E-state index >= 15 is 0 Å². The molecule has 4 nitrogen and oxygen atoms in total. The van der Waals surface area contributed by atoms with Crippen LogP contribution in [0.4, 0.5) is 0 Å². The van der Waals surface area contributed by atoms with Crippen LogP contribution in [0.3, 0.4) is 0 Å². The molecule has 0 amide bonds. The first-order chi connectivity index (χ1) is 19.1. The maximum Gasteiger partial charge on any atom is 0.0602 e. The van der Waals surface area contributed by atoms with Gasteiger partial charge in [-0.3, -0.25) is 9.98 Å². The molecule has 0 saturated heterocycles. The summed E-state index contributed by atoms with van der Waals surface area (Å²) in [6.07, 6.45) is 18.3. The number of H-pyrrole nitrogens is 2. The van der Waals surface area contributed by atoms with Gasteiger partial charge in [0.05, 0.1) is 32.5 Å². The summed E-state index contributed by atoms with van der Waals surface area (Å²) in [6, 6.07) is 4.59. The topological polar surface area (TPSA) is 56.3 Å². The van der Waals surface area contributed by atoms with Gasteiger partial charge >= 0.3 is 0 Å². The summed E-state index contributed by atoms with van der Waals surface area (Å²) in [6.45, 7) is 15.4. The number of hydrogen-bond donors (Lipinski definition) is 2. The van der Waals surface area contributed by atoms with Crippen LogP contribution in [0.2, 0.25) is 0 Å². The van der Waals surface area contributed by atoms with Crippen LogP contribution >= 0.6 is 11.3 Å². The Hall–Kier alpha value is -2.40. The average Bonchev–Trinajstić information content (AvgIpc) is 3.66. The summed E-state index contributed by atoms with van der Waals surface area (Å²) in [5.41, 5.74) is 10.6. The van der Waals surface area contributed by atoms with E-state index in [2.05, 4.69) is 76.1 Å². The van der Waals surface area contributed by atoms with E-state index in [-0.39, 0.29) is 0 Å². The van der Waals surface area contributed by atoms with Crippen LogP contribution < -0.4 is 0 Å². The SMILES string of the molecule is CCCCCCN=Cc1[nH]c(-c2ccc(-c3[nH]c(C=NCCCCCC)c(CC)c3CC)s2)c(CC)c1CC. The first kappa shape index (κ1) is 31.1. The van der Waals surface area contributed by atoms with Crippen LogP contribution in [-0.2, 0) is 25.7 Å². The van der Waals surface area contributed by atoms with Crippen LogP contribution in [0.25, 0.3) is 21.1 Å². The van der Waals surface area contributed by atoms with E-state index in [1.165, 1.54) is 106 Å². The zero-order chi connectivity index (χ0) is 28.0. The molecule has 0 saturated carbocycles. The molecule has 214 valence electrons. The van der Waals surface area contributed by atoms with Crippen molar-refractivity contribution in [2.45, 2.75) is 119 Å². The van der Waals surface area contributed by atoms with Gasteiger partial charge in [-0.05, 0) is 72.9 Å². The van der Waals surface area contributed by atoms with Gasteiger partial charge in [0.25, 0.3) is 0 Å². The van der Waals surface area contributed by atoms with Crippen molar-refractivity contribution in [1.82, 2.24) is 9.97 Å². The van der Waals surface area contributed by atoms with Crippen molar-refractivity contribution in [2.75, 3.05) is 13.1 Å². The molecule has 0 aliphatic carbocycles. The second-order valence-corrected chi connectivity index (χ2v) is 11.6. The zero-order valence-electron chi connectivity index (χ0n) is 25.5. The maximum absolute atomic E-state index is 4.78. The zero-order valence-corrected chi connectivity index (χ0v) is 26.3. The molecule has 3 heterocycles. The van der Waals surface area contributed by atoms with Crippen molar-refractivity contribution < 1.29 is 0 Å². The molecule has 0 atom stereocenters. The lowest BCUT2D eigenvalue weighted by Crippen LogP contribution is -1.92. The van der Waals surface area contributed by atoms with E-state index in [9.17, 15) is 0 Å². The molecule has 3 rings (SSSR count). The van der Waals surface area contributed by atoms with E-state index in [1.54, 1.807) is 0 Å². The lowest BCUT2D eigenvalue weighted by Gasteiger charge is -2.03. The first-order valence-corrected chi connectivity index (χ1v) is 16.5. The second-order valence-electron chi connectivity index (χ2n) is 10.5. The maximum atomic E-state index is 4.78. The van der Waals surface area contributed by atoms with Crippen LogP contribution in [0.5, 0.6) is 0 Å². The van der Waals surface area contributed by atoms with Gasteiger partial charge in [0.1, 0.15) is 0 Å². The molecule has 0 radical (unpaired) electrons. The van der Waals surface area contributed by atoms with E-state index in [0.29, 0.717) is 0 Å². The Kier molecular flexibility index (Phi) is 13.3. The number of nitrogens with one attached hydrogen (secondary N) is 2. The van der Waals surface area contributed by atoms with Gasteiger partial charge in [0, 0.05) is 25.5 Å². The first-order valence-electron chi connectivity index (χ1n) is 15.7. The van der Waals surface area contributed by atoms with Gasteiger partial charge in [-0.25, -0.2) is 0 Å². The van der Waals surface area contributed by atoms with Crippen molar-refractivity contribution >= 4 is 23.8 Å². The highest BCUT2D eigenvalue weighted by Crippen LogP contribution is 2.39. The molecule has 0 unspecified atom stereocenters. The number of nitrogens with zero attached hydrogens (tertiary/aromatic N) is 2. The molecule has 0 aliphatic heterocycles. The minimum atomic E-state index is 0.916. The summed E-state index contributed by atoms with van der Waals surface area (Å²) in [5.74, 6) is 0. The number of aromatic nitrogens is 2. The van der Waals surface area contributed by atoms with Crippen LogP contribution in [0.1, 0.15) is 127 Å². The van der Waals surface area contributed by atoms with Crippen molar-refractivity contribution in [2.24, 2.45) is 9.98 Å².